The summed E-state index contributed by atoms with van der Waals surface area (Å²) in [5, 5.41) is 7.93. The van der Waals surface area contributed by atoms with E-state index in [-0.39, 0.29) is 35.7 Å². The molecule has 10 heteroatoms. The zero-order valence-electron chi connectivity index (χ0n) is 10.9. The lowest BCUT2D eigenvalue weighted by atomic mass is 10.2. The molecule has 0 aromatic carbocycles. The third-order valence-electron chi connectivity index (χ3n) is 3.18. The van der Waals surface area contributed by atoms with Gasteiger partial charge in [0.2, 0.25) is 10.0 Å². The third kappa shape index (κ3) is 3.91. The Balaban J connectivity index is 2.09. The minimum absolute atomic E-state index is 0.0539. The van der Waals surface area contributed by atoms with Gasteiger partial charge in [-0.2, -0.15) is 0 Å². The summed E-state index contributed by atoms with van der Waals surface area (Å²) >= 11 is 0. The fourth-order valence-electron chi connectivity index (χ4n) is 2.01. The highest BCUT2D eigenvalue weighted by atomic mass is 32.2. The van der Waals surface area contributed by atoms with Gasteiger partial charge < -0.3 is 5.11 Å². The van der Waals surface area contributed by atoms with Crippen molar-refractivity contribution in [2.45, 2.75) is 18.1 Å². The molecule has 0 saturated carbocycles. The third-order valence-corrected chi connectivity index (χ3v) is 6.77. The molecule has 21 heavy (non-hydrogen) atoms. The van der Waals surface area contributed by atoms with Gasteiger partial charge in [-0.05, 0) is 25.0 Å². The molecule has 0 spiro atoms. The van der Waals surface area contributed by atoms with E-state index in [0.29, 0.717) is 0 Å². The molecule has 0 unspecified atom stereocenters. The number of hydrogen-bond acceptors (Lipinski definition) is 6. The molecule has 1 aromatic rings. The largest absolute Gasteiger partial charge is 0.477 e. The second kappa shape index (κ2) is 5.60. The van der Waals surface area contributed by atoms with E-state index in [2.05, 4.69) is 9.71 Å². The normalized spacial score (nSPS) is 19.0. The van der Waals surface area contributed by atoms with Gasteiger partial charge in [0, 0.05) is 0 Å². The maximum absolute atomic E-state index is 12.1. The topological polar surface area (TPSA) is 130 Å². The molecule has 0 amide bonds. The van der Waals surface area contributed by atoms with Crippen LogP contribution in [0.25, 0.3) is 0 Å². The summed E-state index contributed by atoms with van der Waals surface area (Å²) in [6, 6.07) is 2.49. The second-order valence-electron chi connectivity index (χ2n) is 4.74. The molecule has 1 aromatic heterocycles. The Bertz CT molecular complexity index is 725. The van der Waals surface area contributed by atoms with Gasteiger partial charge >= 0.3 is 5.97 Å². The molecule has 1 aliphatic heterocycles. The van der Waals surface area contributed by atoms with Crippen molar-refractivity contribution < 1.29 is 26.7 Å². The van der Waals surface area contributed by atoms with Gasteiger partial charge in [-0.1, -0.05) is 0 Å². The van der Waals surface area contributed by atoms with Gasteiger partial charge in [0.05, 0.1) is 28.6 Å². The number of hydrogen-bond donors (Lipinski definition) is 2. The Hall–Kier alpha value is -1.68. The van der Waals surface area contributed by atoms with Crippen molar-refractivity contribution in [2.75, 3.05) is 16.2 Å². The van der Waals surface area contributed by atoms with E-state index in [9.17, 15) is 21.6 Å². The predicted molar refractivity (Wildman–Crippen MR) is 75.4 cm³/mol. The van der Waals surface area contributed by atoms with Crippen LogP contribution in [-0.4, -0.2) is 49.7 Å². The van der Waals surface area contributed by atoms with Crippen LogP contribution in [0.1, 0.15) is 23.3 Å². The van der Waals surface area contributed by atoms with Gasteiger partial charge in [0.15, 0.2) is 0 Å². The molecule has 1 aliphatic rings. The summed E-state index contributed by atoms with van der Waals surface area (Å²) in [6.45, 7) is 0. The molecule has 0 radical (unpaired) electrons. The second-order valence-corrected chi connectivity index (χ2v) is 9.00. The number of pyridine rings is 1. The number of anilines is 1. The van der Waals surface area contributed by atoms with Crippen molar-refractivity contribution in [2.24, 2.45) is 0 Å². The van der Waals surface area contributed by atoms with Crippen molar-refractivity contribution in [3.63, 3.8) is 0 Å². The van der Waals surface area contributed by atoms with Crippen molar-refractivity contribution in [3.05, 3.63) is 24.0 Å². The van der Waals surface area contributed by atoms with Crippen LogP contribution in [0.15, 0.2) is 18.3 Å². The Morgan fingerprint density at radius 2 is 1.90 bits per heavy atom. The van der Waals surface area contributed by atoms with Crippen LogP contribution >= 0.6 is 0 Å². The maximum atomic E-state index is 12.1. The molecule has 1 saturated heterocycles. The lowest BCUT2D eigenvalue weighted by Gasteiger charge is -2.22. The maximum Gasteiger partial charge on any atom is 0.354 e. The number of nitrogens with one attached hydrogen (secondary N) is 1. The minimum atomic E-state index is -3.72. The Morgan fingerprint density at radius 3 is 2.38 bits per heavy atom. The molecule has 0 atom stereocenters. The smallest absolute Gasteiger partial charge is 0.354 e. The number of carboxylic acids is 1. The number of nitrogens with zero attached hydrogens (tertiary/aromatic N) is 1. The lowest BCUT2D eigenvalue weighted by Crippen LogP contribution is -2.36. The summed E-state index contributed by atoms with van der Waals surface area (Å²) in [6.07, 6.45) is 1.22. The van der Waals surface area contributed by atoms with Gasteiger partial charge in [-0.15, -0.1) is 0 Å². The highest BCUT2D eigenvalue weighted by molar-refractivity contribution is 7.94. The van der Waals surface area contributed by atoms with Crippen molar-refractivity contribution in [3.8, 4) is 0 Å². The molecule has 116 valence electrons. The first-order chi connectivity index (χ1) is 9.70. The van der Waals surface area contributed by atoms with Gasteiger partial charge in [-0.25, -0.2) is 26.6 Å². The summed E-state index contributed by atoms with van der Waals surface area (Å²) in [4.78, 5) is 14.3. The fraction of sp³-hybridized carbons (Fsp3) is 0.455. The van der Waals surface area contributed by atoms with E-state index in [0.717, 1.165) is 6.20 Å². The Kier molecular flexibility index (Phi) is 4.19. The monoisotopic (exact) mass is 334 g/mol. The van der Waals surface area contributed by atoms with Crippen molar-refractivity contribution >= 4 is 31.5 Å². The van der Waals surface area contributed by atoms with Crippen molar-refractivity contribution in [1.29, 1.82) is 0 Å². The Morgan fingerprint density at radius 1 is 1.29 bits per heavy atom. The van der Waals surface area contributed by atoms with Crippen LogP contribution in [0.2, 0.25) is 0 Å². The highest BCUT2D eigenvalue weighted by Crippen LogP contribution is 2.21. The average Bonchev–Trinajstić information content (AvgIpc) is 2.38. The molecule has 8 nitrogen and oxygen atoms in total. The zero-order valence-corrected chi connectivity index (χ0v) is 12.5. The van der Waals surface area contributed by atoms with Crippen molar-refractivity contribution in [1.82, 2.24) is 4.98 Å². The number of carboxylic acid groups (broad SMARTS) is 1. The van der Waals surface area contributed by atoms with E-state index >= 15 is 0 Å². The highest BCUT2D eigenvalue weighted by Gasteiger charge is 2.32. The predicted octanol–water partition coefficient (Wildman–Crippen LogP) is 0.0987. The lowest BCUT2D eigenvalue weighted by molar-refractivity contribution is 0.0690. The number of aromatic nitrogens is 1. The first-order valence-electron chi connectivity index (χ1n) is 6.11. The molecular formula is C11H14N2O6S2. The van der Waals surface area contributed by atoms with Crippen LogP contribution in [0.4, 0.5) is 5.69 Å². The van der Waals surface area contributed by atoms with Crippen LogP contribution in [0, 0.1) is 0 Å². The van der Waals surface area contributed by atoms with E-state index in [4.69, 9.17) is 5.11 Å². The average molecular weight is 334 g/mol. The quantitative estimate of drug-likeness (QED) is 0.798. The molecular weight excluding hydrogens is 320 g/mol. The molecule has 2 heterocycles. The number of aromatic carboxylic acids is 1. The SMILES string of the molecule is O=C(O)c1ccc(NS(=O)(=O)C2CCS(=O)(=O)CC2)cn1. The van der Waals surface area contributed by atoms with E-state index in [1.54, 1.807) is 0 Å². The molecule has 0 aliphatic carbocycles. The first-order valence-corrected chi connectivity index (χ1v) is 9.48. The molecule has 2 rings (SSSR count). The van der Waals surface area contributed by atoms with E-state index in [1.807, 2.05) is 0 Å². The summed E-state index contributed by atoms with van der Waals surface area (Å²) in [5.41, 5.74) is -0.0462. The van der Waals surface area contributed by atoms with Crippen LogP contribution in [-0.2, 0) is 19.9 Å². The van der Waals surface area contributed by atoms with Gasteiger partial charge in [0.25, 0.3) is 0 Å². The van der Waals surface area contributed by atoms with E-state index in [1.165, 1.54) is 12.1 Å². The number of rotatable bonds is 4. The van der Waals surface area contributed by atoms with Crippen LogP contribution in [0.3, 0.4) is 0 Å². The fourth-order valence-corrected chi connectivity index (χ4v) is 5.27. The zero-order chi connectivity index (χ0) is 15.7. The van der Waals surface area contributed by atoms with E-state index < -0.39 is 31.1 Å². The minimum Gasteiger partial charge on any atom is -0.477 e. The van der Waals surface area contributed by atoms with Crippen LogP contribution in [0.5, 0.6) is 0 Å². The molecule has 1 fully saturated rings. The molecule has 0 bridgehead atoms. The standard InChI is InChI=1S/C11H14N2O6S2/c14-11(15)10-2-1-8(7-12-10)13-21(18,19)9-3-5-20(16,17)6-4-9/h1-2,7,9,13H,3-6H2,(H,14,15). The molecule has 2 N–H and O–H groups in total. The first kappa shape index (κ1) is 15.7. The number of sulfonamides is 1. The number of carbonyl (C=O) groups is 1. The van der Waals surface area contributed by atoms with Crippen LogP contribution < -0.4 is 4.72 Å². The number of sulfone groups is 1. The van der Waals surface area contributed by atoms with Gasteiger partial charge in [-0.3, -0.25) is 4.72 Å². The summed E-state index contributed by atoms with van der Waals surface area (Å²) in [7, 11) is -6.86. The summed E-state index contributed by atoms with van der Waals surface area (Å²) < 4.78 is 49.2. The van der Waals surface area contributed by atoms with Gasteiger partial charge in [0.1, 0.15) is 15.5 Å². The summed E-state index contributed by atoms with van der Waals surface area (Å²) in [5.74, 6) is -1.49. The Labute approximate surface area is 122 Å².